The molecule has 1 rings (SSSR count). The van der Waals surface area contributed by atoms with E-state index in [9.17, 15) is 4.79 Å². The zero-order valence-electron chi connectivity index (χ0n) is 8.74. The fourth-order valence-electron chi connectivity index (χ4n) is 1.87. The van der Waals surface area contributed by atoms with Crippen molar-refractivity contribution >= 4 is 5.97 Å². The van der Waals surface area contributed by atoms with Crippen molar-refractivity contribution in [1.29, 1.82) is 0 Å². The number of carboxylic acids is 1. The predicted octanol–water partition coefficient (Wildman–Crippen LogP) is 0.820. The van der Waals surface area contributed by atoms with Crippen molar-refractivity contribution in [2.45, 2.75) is 19.3 Å². The van der Waals surface area contributed by atoms with Gasteiger partial charge < -0.3 is 14.7 Å². The van der Waals surface area contributed by atoms with Crippen molar-refractivity contribution in [2.75, 3.05) is 33.4 Å². The molecule has 1 N–H and O–H groups in total. The fraction of sp³-hybridized carbons (Fsp3) is 0.900. The molecule has 0 atom stereocenters. The van der Waals surface area contributed by atoms with Crippen molar-refractivity contribution in [2.24, 2.45) is 5.92 Å². The summed E-state index contributed by atoms with van der Waals surface area (Å²) in [6, 6.07) is 0. The number of carboxylic acid groups (broad SMARTS) is 1. The third-order valence-corrected chi connectivity index (χ3v) is 2.75. The molecule has 0 aromatic carbocycles. The van der Waals surface area contributed by atoms with Crippen molar-refractivity contribution in [3.63, 3.8) is 0 Å². The van der Waals surface area contributed by atoms with Crippen LogP contribution in [0.1, 0.15) is 19.3 Å². The SMILES string of the molecule is COCC1CCN(CCC(=O)O)CC1. The number of nitrogens with zero attached hydrogens (tertiary/aromatic N) is 1. The third-order valence-electron chi connectivity index (χ3n) is 2.75. The molecule has 1 heterocycles. The van der Waals surface area contributed by atoms with Crippen LogP contribution in [0.4, 0.5) is 0 Å². The molecule has 1 aliphatic heterocycles. The molecular weight excluding hydrogens is 182 g/mol. The first-order valence-electron chi connectivity index (χ1n) is 5.15. The molecule has 0 spiro atoms. The molecule has 0 aliphatic carbocycles. The summed E-state index contributed by atoms with van der Waals surface area (Å²) >= 11 is 0. The summed E-state index contributed by atoms with van der Waals surface area (Å²) in [6.45, 7) is 3.56. The van der Waals surface area contributed by atoms with Gasteiger partial charge in [0.25, 0.3) is 0 Å². The topological polar surface area (TPSA) is 49.8 Å². The molecule has 0 aromatic rings. The van der Waals surface area contributed by atoms with Crippen LogP contribution >= 0.6 is 0 Å². The van der Waals surface area contributed by atoms with E-state index in [-0.39, 0.29) is 6.42 Å². The van der Waals surface area contributed by atoms with Gasteiger partial charge in [0, 0.05) is 20.3 Å². The lowest BCUT2D eigenvalue weighted by atomic mass is 9.98. The Labute approximate surface area is 84.8 Å². The molecule has 0 bridgehead atoms. The summed E-state index contributed by atoms with van der Waals surface area (Å²) < 4.78 is 5.10. The third kappa shape index (κ3) is 4.07. The molecule has 1 saturated heterocycles. The summed E-state index contributed by atoms with van der Waals surface area (Å²) in [5.41, 5.74) is 0. The molecule has 0 saturated carbocycles. The highest BCUT2D eigenvalue weighted by Crippen LogP contribution is 2.17. The molecule has 0 unspecified atom stereocenters. The fourth-order valence-corrected chi connectivity index (χ4v) is 1.87. The molecule has 1 aliphatic rings. The summed E-state index contributed by atoms with van der Waals surface area (Å²) in [7, 11) is 1.73. The van der Waals surface area contributed by atoms with Crippen LogP contribution in [0.15, 0.2) is 0 Å². The zero-order chi connectivity index (χ0) is 10.4. The Bertz CT molecular complexity index is 176. The van der Waals surface area contributed by atoms with E-state index in [1.54, 1.807) is 7.11 Å². The van der Waals surface area contributed by atoms with Gasteiger partial charge in [-0.25, -0.2) is 0 Å². The summed E-state index contributed by atoms with van der Waals surface area (Å²) in [5.74, 6) is -0.0370. The number of hydrogen-bond donors (Lipinski definition) is 1. The molecule has 14 heavy (non-hydrogen) atoms. The molecule has 82 valence electrons. The maximum atomic E-state index is 10.4. The van der Waals surface area contributed by atoms with Gasteiger partial charge in [0.2, 0.25) is 0 Å². The Morgan fingerprint density at radius 1 is 1.50 bits per heavy atom. The lowest BCUT2D eigenvalue weighted by Crippen LogP contribution is -2.36. The van der Waals surface area contributed by atoms with Crippen LogP contribution in [0.3, 0.4) is 0 Å². The highest BCUT2D eigenvalue weighted by atomic mass is 16.5. The van der Waals surface area contributed by atoms with Crippen LogP contribution in [0.5, 0.6) is 0 Å². The average Bonchev–Trinajstić information content (AvgIpc) is 2.17. The standard InChI is InChI=1S/C10H19NO3/c1-14-8-9-2-5-11(6-3-9)7-4-10(12)13/h9H,2-8H2,1H3,(H,12,13). The number of rotatable bonds is 5. The molecule has 0 radical (unpaired) electrons. The number of hydrogen-bond acceptors (Lipinski definition) is 3. The zero-order valence-corrected chi connectivity index (χ0v) is 8.74. The first-order chi connectivity index (χ1) is 6.72. The van der Waals surface area contributed by atoms with Crippen molar-refractivity contribution in [3.8, 4) is 0 Å². The highest BCUT2D eigenvalue weighted by molar-refractivity contribution is 5.66. The number of ether oxygens (including phenoxy) is 1. The van der Waals surface area contributed by atoms with E-state index in [1.165, 1.54) is 0 Å². The van der Waals surface area contributed by atoms with Crippen LogP contribution in [-0.2, 0) is 9.53 Å². The van der Waals surface area contributed by atoms with Gasteiger partial charge in [0.05, 0.1) is 6.42 Å². The lowest BCUT2D eigenvalue weighted by molar-refractivity contribution is -0.137. The normalized spacial score (nSPS) is 19.8. The van der Waals surface area contributed by atoms with Crippen LogP contribution in [0.2, 0.25) is 0 Å². The van der Waals surface area contributed by atoms with Gasteiger partial charge in [-0.2, -0.15) is 0 Å². The molecule has 1 fully saturated rings. The van der Waals surface area contributed by atoms with Crippen LogP contribution in [-0.4, -0.2) is 49.3 Å². The van der Waals surface area contributed by atoms with E-state index in [1.807, 2.05) is 0 Å². The van der Waals surface area contributed by atoms with Gasteiger partial charge in [-0.3, -0.25) is 4.79 Å². The first-order valence-corrected chi connectivity index (χ1v) is 5.15. The monoisotopic (exact) mass is 201 g/mol. The number of likely N-dealkylation sites (tertiary alicyclic amines) is 1. The minimum Gasteiger partial charge on any atom is -0.481 e. The molecule has 4 nitrogen and oxygen atoms in total. The molecule has 4 heteroatoms. The van der Waals surface area contributed by atoms with Crippen LogP contribution < -0.4 is 0 Å². The Hall–Kier alpha value is -0.610. The average molecular weight is 201 g/mol. The number of carbonyl (C=O) groups is 1. The van der Waals surface area contributed by atoms with Gasteiger partial charge in [-0.15, -0.1) is 0 Å². The van der Waals surface area contributed by atoms with Gasteiger partial charge in [-0.1, -0.05) is 0 Å². The van der Waals surface area contributed by atoms with Gasteiger partial charge in [0.1, 0.15) is 0 Å². The maximum absolute atomic E-state index is 10.4. The summed E-state index contributed by atoms with van der Waals surface area (Å²) in [4.78, 5) is 12.6. The second-order valence-electron chi connectivity index (χ2n) is 3.88. The van der Waals surface area contributed by atoms with Gasteiger partial charge in [-0.05, 0) is 31.8 Å². The second kappa shape index (κ2) is 5.98. The second-order valence-corrected chi connectivity index (χ2v) is 3.88. The van der Waals surface area contributed by atoms with Crippen molar-refractivity contribution < 1.29 is 14.6 Å². The Morgan fingerprint density at radius 3 is 2.64 bits per heavy atom. The van der Waals surface area contributed by atoms with E-state index in [2.05, 4.69) is 4.90 Å². The van der Waals surface area contributed by atoms with E-state index in [0.29, 0.717) is 12.5 Å². The van der Waals surface area contributed by atoms with Gasteiger partial charge >= 0.3 is 5.97 Å². The predicted molar refractivity (Wildman–Crippen MR) is 53.3 cm³/mol. The quantitative estimate of drug-likeness (QED) is 0.715. The van der Waals surface area contributed by atoms with Gasteiger partial charge in [0.15, 0.2) is 0 Å². The smallest absolute Gasteiger partial charge is 0.304 e. The largest absolute Gasteiger partial charge is 0.481 e. The van der Waals surface area contributed by atoms with E-state index in [4.69, 9.17) is 9.84 Å². The number of methoxy groups -OCH3 is 1. The maximum Gasteiger partial charge on any atom is 0.304 e. The highest BCUT2D eigenvalue weighted by Gasteiger charge is 2.18. The number of piperidine rings is 1. The lowest BCUT2D eigenvalue weighted by Gasteiger charge is -2.31. The van der Waals surface area contributed by atoms with E-state index < -0.39 is 5.97 Å². The Morgan fingerprint density at radius 2 is 2.14 bits per heavy atom. The molecular formula is C10H19NO3. The number of aliphatic carboxylic acids is 1. The minimum atomic E-state index is -0.705. The minimum absolute atomic E-state index is 0.259. The molecule has 0 amide bonds. The van der Waals surface area contributed by atoms with Crippen molar-refractivity contribution in [1.82, 2.24) is 4.90 Å². The van der Waals surface area contributed by atoms with Crippen LogP contribution in [0.25, 0.3) is 0 Å². The Balaban J connectivity index is 2.12. The first kappa shape index (κ1) is 11.5. The van der Waals surface area contributed by atoms with E-state index >= 15 is 0 Å². The summed E-state index contributed by atoms with van der Waals surface area (Å²) in [6.07, 6.45) is 2.52. The molecule has 0 aromatic heterocycles. The van der Waals surface area contributed by atoms with Crippen molar-refractivity contribution in [3.05, 3.63) is 0 Å². The van der Waals surface area contributed by atoms with E-state index in [0.717, 1.165) is 32.5 Å². The summed E-state index contributed by atoms with van der Waals surface area (Å²) in [5, 5.41) is 8.53. The Kier molecular flexibility index (Phi) is 4.90. The van der Waals surface area contributed by atoms with Crippen LogP contribution in [0, 0.1) is 5.92 Å².